The summed E-state index contributed by atoms with van der Waals surface area (Å²) in [4.78, 5) is 0. The highest BCUT2D eigenvalue weighted by Gasteiger charge is 2.50. The van der Waals surface area contributed by atoms with Crippen molar-refractivity contribution in [2.45, 2.75) is 52.1 Å². The van der Waals surface area contributed by atoms with Gasteiger partial charge in [-0.2, -0.15) is 0 Å². The molecule has 2 rings (SSSR count). The van der Waals surface area contributed by atoms with E-state index in [1.54, 1.807) is 0 Å². The first-order chi connectivity index (χ1) is 7.72. The van der Waals surface area contributed by atoms with Crippen LogP contribution in [0, 0.1) is 17.3 Å². The summed E-state index contributed by atoms with van der Waals surface area (Å²) in [6.07, 6.45) is 7.25. The van der Waals surface area contributed by atoms with Crippen molar-refractivity contribution in [2.24, 2.45) is 17.3 Å². The van der Waals surface area contributed by atoms with E-state index in [2.05, 4.69) is 26.2 Å². The third-order valence-corrected chi connectivity index (χ3v) is 4.53. The van der Waals surface area contributed by atoms with Crippen LogP contribution in [0.2, 0.25) is 0 Å². The molecular weight excluding hydrogens is 198 g/mol. The van der Waals surface area contributed by atoms with E-state index < -0.39 is 0 Å². The van der Waals surface area contributed by atoms with Crippen LogP contribution in [0.1, 0.15) is 46.0 Å². The van der Waals surface area contributed by atoms with Crippen LogP contribution in [0.4, 0.5) is 0 Å². The Bertz CT molecular complexity index is 227. The zero-order valence-electron chi connectivity index (χ0n) is 11.1. The summed E-state index contributed by atoms with van der Waals surface area (Å²) >= 11 is 0. The monoisotopic (exact) mass is 225 g/mol. The van der Waals surface area contributed by atoms with Gasteiger partial charge < -0.3 is 10.1 Å². The van der Waals surface area contributed by atoms with Gasteiger partial charge >= 0.3 is 0 Å². The first-order valence-corrected chi connectivity index (χ1v) is 6.98. The SMILES string of the molecule is CCC(C)CC1(CNC)CCOC1C1CC1. The highest BCUT2D eigenvalue weighted by atomic mass is 16.5. The van der Waals surface area contributed by atoms with E-state index in [0.29, 0.717) is 11.5 Å². The largest absolute Gasteiger partial charge is 0.377 e. The lowest BCUT2D eigenvalue weighted by Crippen LogP contribution is -2.42. The Labute approximate surface area is 100 Å². The Balaban J connectivity index is 2.05. The quantitative estimate of drug-likeness (QED) is 0.750. The van der Waals surface area contributed by atoms with Crippen molar-refractivity contribution >= 4 is 0 Å². The first-order valence-electron chi connectivity index (χ1n) is 6.98. The van der Waals surface area contributed by atoms with Gasteiger partial charge in [-0.3, -0.25) is 0 Å². The molecule has 2 fully saturated rings. The molecule has 16 heavy (non-hydrogen) atoms. The lowest BCUT2D eigenvalue weighted by Gasteiger charge is -2.36. The van der Waals surface area contributed by atoms with E-state index in [9.17, 15) is 0 Å². The zero-order valence-corrected chi connectivity index (χ0v) is 11.1. The molecule has 1 N–H and O–H groups in total. The summed E-state index contributed by atoms with van der Waals surface area (Å²) < 4.78 is 6.05. The molecule has 0 aromatic heterocycles. The van der Waals surface area contributed by atoms with Gasteiger partial charge in [0.05, 0.1) is 6.10 Å². The van der Waals surface area contributed by atoms with Crippen LogP contribution in [0.25, 0.3) is 0 Å². The maximum Gasteiger partial charge on any atom is 0.0672 e. The molecule has 1 aliphatic heterocycles. The third kappa shape index (κ3) is 2.43. The molecule has 1 heterocycles. The Morgan fingerprint density at radius 1 is 1.44 bits per heavy atom. The Kier molecular flexibility index (Phi) is 3.91. The van der Waals surface area contributed by atoms with E-state index in [1.807, 2.05) is 0 Å². The predicted octanol–water partition coefficient (Wildman–Crippen LogP) is 2.83. The molecule has 3 atom stereocenters. The Morgan fingerprint density at radius 3 is 2.75 bits per heavy atom. The van der Waals surface area contributed by atoms with Gasteiger partial charge in [-0.15, -0.1) is 0 Å². The minimum Gasteiger partial charge on any atom is -0.377 e. The number of hydrogen-bond acceptors (Lipinski definition) is 2. The Morgan fingerprint density at radius 2 is 2.19 bits per heavy atom. The van der Waals surface area contributed by atoms with Gasteiger partial charge in [-0.25, -0.2) is 0 Å². The number of ether oxygens (including phenoxy) is 1. The highest BCUT2D eigenvalue weighted by molar-refractivity contribution is 5.00. The minimum absolute atomic E-state index is 0.436. The number of hydrogen-bond donors (Lipinski definition) is 1. The molecule has 2 aliphatic rings. The fourth-order valence-corrected chi connectivity index (χ4v) is 3.41. The second-order valence-electron chi connectivity index (χ2n) is 5.99. The van der Waals surface area contributed by atoms with Gasteiger partial charge in [0, 0.05) is 18.6 Å². The van der Waals surface area contributed by atoms with Gasteiger partial charge in [-0.05, 0) is 44.6 Å². The smallest absolute Gasteiger partial charge is 0.0672 e. The van der Waals surface area contributed by atoms with Crippen LogP contribution < -0.4 is 5.32 Å². The summed E-state index contributed by atoms with van der Waals surface area (Å²) in [6.45, 7) is 6.82. The van der Waals surface area contributed by atoms with Crippen molar-refractivity contribution in [1.29, 1.82) is 0 Å². The van der Waals surface area contributed by atoms with Crippen molar-refractivity contribution in [2.75, 3.05) is 20.2 Å². The molecule has 94 valence electrons. The maximum absolute atomic E-state index is 6.05. The minimum atomic E-state index is 0.436. The molecule has 0 spiro atoms. The average Bonchev–Trinajstić information content (AvgIpc) is 3.03. The van der Waals surface area contributed by atoms with Crippen molar-refractivity contribution in [3.8, 4) is 0 Å². The summed E-state index contributed by atoms with van der Waals surface area (Å²) in [5.74, 6) is 1.70. The number of rotatable bonds is 6. The van der Waals surface area contributed by atoms with Gasteiger partial charge in [0.15, 0.2) is 0 Å². The van der Waals surface area contributed by atoms with Crippen molar-refractivity contribution in [3.05, 3.63) is 0 Å². The lowest BCUT2D eigenvalue weighted by molar-refractivity contribution is 0.0202. The molecule has 0 amide bonds. The molecule has 0 radical (unpaired) electrons. The summed E-state index contributed by atoms with van der Waals surface area (Å²) in [6, 6.07) is 0. The molecular formula is C14H27NO. The fourth-order valence-electron chi connectivity index (χ4n) is 3.41. The topological polar surface area (TPSA) is 21.3 Å². The summed E-state index contributed by atoms with van der Waals surface area (Å²) in [5, 5.41) is 3.41. The molecule has 0 bridgehead atoms. The third-order valence-electron chi connectivity index (χ3n) is 4.53. The van der Waals surface area contributed by atoms with E-state index in [1.165, 1.54) is 32.1 Å². The van der Waals surface area contributed by atoms with Crippen LogP contribution in [0.15, 0.2) is 0 Å². The van der Waals surface area contributed by atoms with E-state index in [0.717, 1.165) is 25.0 Å². The molecule has 3 unspecified atom stereocenters. The molecule has 0 aromatic rings. The maximum atomic E-state index is 6.05. The van der Waals surface area contributed by atoms with Crippen LogP contribution >= 0.6 is 0 Å². The van der Waals surface area contributed by atoms with Crippen LogP contribution in [-0.2, 0) is 4.74 Å². The predicted molar refractivity (Wildman–Crippen MR) is 67.5 cm³/mol. The van der Waals surface area contributed by atoms with E-state index in [-0.39, 0.29) is 0 Å². The standard InChI is InChI=1S/C14H27NO/c1-4-11(2)9-14(10-15-3)7-8-16-13(14)12-5-6-12/h11-13,15H,4-10H2,1-3H3. The molecule has 1 aliphatic carbocycles. The Hall–Kier alpha value is -0.0800. The lowest BCUT2D eigenvalue weighted by atomic mass is 9.72. The van der Waals surface area contributed by atoms with Gasteiger partial charge in [-0.1, -0.05) is 20.3 Å². The van der Waals surface area contributed by atoms with Crippen molar-refractivity contribution in [1.82, 2.24) is 5.32 Å². The van der Waals surface area contributed by atoms with Crippen LogP contribution in [-0.4, -0.2) is 26.3 Å². The zero-order chi connectivity index (χ0) is 11.6. The molecule has 1 saturated carbocycles. The highest BCUT2D eigenvalue weighted by Crippen LogP contribution is 2.50. The first kappa shape index (κ1) is 12.4. The van der Waals surface area contributed by atoms with Gasteiger partial charge in [0.1, 0.15) is 0 Å². The average molecular weight is 225 g/mol. The fraction of sp³-hybridized carbons (Fsp3) is 1.00. The van der Waals surface area contributed by atoms with Crippen molar-refractivity contribution in [3.63, 3.8) is 0 Å². The molecule has 0 aromatic carbocycles. The van der Waals surface area contributed by atoms with Crippen LogP contribution in [0.3, 0.4) is 0 Å². The van der Waals surface area contributed by atoms with Gasteiger partial charge in [0.2, 0.25) is 0 Å². The van der Waals surface area contributed by atoms with E-state index >= 15 is 0 Å². The summed E-state index contributed by atoms with van der Waals surface area (Å²) in [7, 11) is 2.08. The number of nitrogens with one attached hydrogen (secondary N) is 1. The van der Waals surface area contributed by atoms with Crippen LogP contribution in [0.5, 0.6) is 0 Å². The molecule has 1 saturated heterocycles. The van der Waals surface area contributed by atoms with E-state index in [4.69, 9.17) is 4.74 Å². The van der Waals surface area contributed by atoms with Gasteiger partial charge in [0.25, 0.3) is 0 Å². The molecule has 2 heteroatoms. The second-order valence-corrected chi connectivity index (χ2v) is 5.99. The summed E-state index contributed by atoms with van der Waals surface area (Å²) in [5.41, 5.74) is 0.436. The second kappa shape index (κ2) is 5.05. The normalized spacial score (nSPS) is 36.6. The van der Waals surface area contributed by atoms with Crippen molar-refractivity contribution < 1.29 is 4.74 Å². The molecule has 2 nitrogen and oxygen atoms in total.